The van der Waals surface area contributed by atoms with Gasteiger partial charge in [-0.15, -0.1) is 0 Å². The molecule has 108 valence electrons. The highest BCUT2D eigenvalue weighted by Crippen LogP contribution is 2.15. The standard InChI is InChI=1S/C18H19NO2/c1-3-13(2)18(21)19-16-11-9-15(10-12-16)17(20)14-7-5-4-6-8-14/h4-13H,3H2,1-2H3,(H,19,21). The van der Waals surface area contributed by atoms with E-state index < -0.39 is 0 Å². The molecule has 1 N–H and O–H groups in total. The van der Waals surface area contributed by atoms with E-state index in [9.17, 15) is 9.59 Å². The highest BCUT2D eigenvalue weighted by molar-refractivity contribution is 6.09. The Morgan fingerprint density at radius 3 is 2.10 bits per heavy atom. The van der Waals surface area contributed by atoms with E-state index in [1.165, 1.54) is 0 Å². The molecule has 0 aromatic heterocycles. The quantitative estimate of drug-likeness (QED) is 0.845. The van der Waals surface area contributed by atoms with Crippen LogP contribution in [0.1, 0.15) is 36.2 Å². The molecule has 0 spiro atoms. The molecule has 0 heterocycles. The second-order valence-electron chi connectivity index (χ2n) is 5.07. The van der Waals surface area contributed by atoms with Crippen LogP contribution >= 0.6 is 0 Å². The van der Waals surface area contributed by atoms with Crippen molar-refractivity contribution in [3.05, 3.63) is 65.7 Å². The minimum Gasteiger partial charge on any atom is -0.326 e. The van der Waals surface area contributed by atoms with Gasteiger partial charge in [-0.25, -0.2) is 0 Å². The SMILES string of the molecule is CCC(C)C(=O)Nc1ccc(C(=O)c2ccccc2)cc1. The maximum absolute atomic E-state index is 12.2. The summed E-state index contributed by atoms with van der Waals surface area (Å²) >= 11 is 0. The molecule has 2 aromatic carbocycles. The Morgan fingerprint density at radius 2 is 1.52 bits per heavy atom. The Kier molecular flexibility index (Phi) is 4.88. The van der Waals surface area contributed by atoms with E-state index in [0.29, 0.717) is 16.8 Å². The number of nitrogens with one attached hydrogen (secondary N) is 1. The molecule has 0 fully saturated rings. The van der Waals surface area contributed by atoms with Gasteiger partial charge in [0.2, 0.25) is 5.91 Å². The number of amides is 1. The maximum atomic E-state index is 12.2. The lowest BCUT2D eigenvalue weighted by atomic mass is 10.0. The molecule has 3 heteroatoms. The van der Waals surface area contributed by atoms with Gasteiger partial charge in [-0.2, -0.15) is 0 Å². The molecule has 0 radical (unpaired) electrons. The molecule has 2 aromatic rings. The lowest BCUT2D eigenvalue weighted by Crippen LogP contribution is -2.19. The van der Waals surface area contributed by atoms with E-state index in [1.807, 2.05) is 32.0 Å². The first-order valence-corrected chi connectivity index (χ1v) is 7.12. The maximum Gasteiger partial charge on any atom is 0.227 e. The number of hydrogen-bond acceptors (Lipinski definition) is 2. The summed E-state index contributed by atoms with van der Waals surface area (Å²) in [5, 5.41) is 2.85. The molecule has 0 saturated carbocycles. The van der Waals surface area contributed by atoms with Crippen molar-refractivity contribution in [1.82, 2.24) is 0 Å². The van der Waals surface area contributed by atoms with Crippen LogP contribution in [0.2, 0.25) is 0 Å². The summed E-state index contributed by atoms with van der Waals surface area (Å²) in [6.45, 7) is 3.87. The largest absolute Gasteiger partial charge is 0.326 e. The van der Waals surface area contributed by atoms with Crippen LogP contribution in [0.15, 0.2) is 54.6 Å². The molecule has 1 amide bonds. The van der Waals surface area contributed by atoms with Gasteiger partial charge in [-0.1, -0.05) is 44.2 Å². The molecule has 0 aliphatic heterocycles. The van der Waals surface area contributed by atoms with Crippen LogP contribution < -0.4 is 5.32 Å². The first-order chi connectivity index (χ1) is 10.1. The fraction of sp³-hybridized carbons (Fsp3) is 0.222. The normalized spacial score (nSPS) is 11.7. The van der Waals surface area contributed by atoms with Crippen LogP contribution in [0, 0.1) is 5.92 Å². The molecule has 1 atom stereocenters. The van der Waals surface area contributed by atoms with E-state index in [4.69, 9.17) is 0 Å². The Labute approximate surface area is 125 Å². The van der Waals surface area contributed by atoms with E-state index in [2.05, 4.69) is 5.32 Å². The van der Waals surface area contributed by atoms with Gasteiger partial charge in [-0.05, 0) is 30.7 Å². The Morgan fingerprint density at radius 1 is 0.952 bits per heavy atom. The van der Waals surface area contributed by atoms with Gasteiger partial charge in [0.1, 0.15) is 0 Å². The van der Waals surface area contributed by atoms with Crippen LogP contribution in [-0.2, 0) is 4.79 Å². The summed E-state index contributed by atoms with van der Waals surface area (Å²) in [4.78, 5) is 24.1. The topological polar surface area (TPSA) is 46.2 Å². The highest BCUT2D eigenvalue weighted by atomic mass is 16.1. The average Bonchev–Trinajstić information content (AvgIpc) is 2.55. The van der Waals surface area contributed by atoms with Crippen LogP contribution in [0.25, 0.3) is 0 Å². The third-order valence-electron chi connectivity index (χ3n) is 3.51. The molecule has 0 bridgehead atoms. The zero-order chi connectivity index (χ0) is 15.2. The van der Waals surface area contributed by atoms with E-state index in [0.717, 1.165) is 6.42 Å². The van der Waals surface area contributed by atoms with Gasteiger partial charge in [0.25, 0.3) is 0 Å². The van der Waals surface area contributed by atoms with Crippen molar-refractivity contribution in [1.29, 1.82) is 0 Å². The lowest BCUT2D eigenvalue weighted by Gasteiger charge is -2.10. The highest BCUT2D eigenvalue weighted by Gasteiger charge is 2.11. The second kappa shape index (κ2) is 6.84. The summed E-state index contributed by atoms with van der Waals surface area (Å²) in [7, 11) is 0. The number of rotatable bonds is 5. The number of carbonyl (C=O) groups is 2. The van der Waals surface area contributed by atoms with Crippen LogP contribution in [0.4, 0.5) is 5.69 Å². The molecule has 2 rings (SSSR count). The zero-order valence-corrected chi connectivity index (χ0v) is 12.3. The molecule has 0 saturated heterocycles. The van der Waals surface area contributed by atoms with Crippen molar-refractivity contribution in [2.45, 2.75) is 20.3 Å². The lowest BCUT2D eigenvalue weighted by molar-refractivity contribution is -0.119. The van der Waals surface area contributed by atoms with Gasteiger partial charge in [0, 0.05) is 22.7 Å². The molecular weight excluding hydrogens is 262 g/mol. The second-order valence-corrected chi connectivity index (χ2v) is 5.07. The minimum absolute atomic E-state index is 0.000337. The summed E-state index contributed by atoms with van der Waals surface area (Å²) in [5.74, 6) is -0.0364. The number of ketones is 1. The van der Waals surface area contributed by atoms with Crippen molar-refractivity contribution in [3.8, 4) is 0 Å². The first-order valence-electron chi connectivity index (χ1n) is 7.12. The van der Waals surface area contributed by atoms with E-state index in [1.54, 1.807) is 36.4 Å². The third kappa shape index (κ3) is 3.78. The van der Waals surface area contributed by atoms with Gasteiger partial charge in [0.05, 0.1) is 0 Å². The molecule has 1 unspecified atom stereocenters. The van der Waals surface area contributed by atoms with Crippen molar-refractivity contribution in [3.63, 3.8) is 0 Å². The summed E-state index contributed by atoms with van der Waals surface area (Å²) in [5.41, 5.74) is 1.99. The Hall–Kier alpha value is -2.42. The predicted octanol–water partition coefficient (Wildman–Crippen LogP) is 3.90. The molecule has 3 nitrogen and oxygen atoms in total. The van der Waals surface area contributed by atoms with Crippen molar-refractivity contribution in [2.75, 3.05) is 5.32 Å². The Bertz CT molecular complexity index is 617. The van der Waals surface area contributed by atoms with Gasteiger partial charge in [-0.3, -0.25) is 9.59 Å². The number of carbonyl (C=O) groups excluding carboxylic acids is 2. The average molecular weight is 281 g/mol. The van der Waals surface area contributed by atoms with Gasteiger partial charge < -0.3 is 5.32 Å². The van der Waals surface area contributed by atoms with Crippen LogP contribution in [0.5, 0.6) is 0 Å². The monoisotopic (exact) mass is 281 g/mol. The summed E-state index contributed by atoms with van der Waals surface area (Å²) < 4.78 is 0. The minimum atomic E-state index is -0.0181. The van der Waals surface area contributed by atoms with E-state index >= 15 is 0 Å². The van der Waals surface area contributed by atoms with Gasteiger partial charge in [0.15, 0.2) is 5.78 Å². The predicted molar refractivity (Wildman–Crippen MR) is 84.4 cm³/mol. The fourth-order valence-corrected chi connectivity index (χ4v) is 1.91. The molecular formula is C18H19NO2. The zero-order valence-electron chi connectivity index (χ0n) is 12.3. The molecule has 0 aliphatic rings. The number of benzene rings is 2. The number of hydrogen-bond donors (Lipinski definition) is 1. The Balaban J connectivity index is 2.09. The molecule has 21 heavy (non-hydrogen) atoms. The molecule has 0 aliphatic carbocycles. The fourth-order valence-electron chi connectivity index (χ4n) is 1.91. The van der Waals surface area contributed by atoms with Crippen molar-refractivity contribution in [2.24, 2.45) is 5.92 Å². The van der Waals surface area contributed by atoms with Crippen LogP contribution in [-0.4, -0.2) is 11.7 Å². The van der Waals surface area contributed by atoms with Crippen LogP contribution in [0.3, 0.4) is 0 Å². The third-order valence-corrected chi connectivity index (χ3v) is 3.51. The first kappa shape index (κ1) is 15.0. The number of anilines is 1. The smallest absolute Gasteiger partial charge is 0.227 e. The van der Waals surface area contributed by atoms with Gasteiger partial charge >= 0.3 is 0 Å². The van der Waals surface area contributed by atoms with Crippen molar-refractivity contribution >= 4 is 17.4 Å². The summed E-state index contributed by atoms with van der Waals surface area (Å²) in [6.07, 6.45) is 0.802. The van der Waals surface area contributed by atoms with E-state index in [-0.39, 0.29) is 17.6 Å². The van der Waals surface area contributed by atoms with Crippen molar-refractivity contribution < 1.29 is 9.59 Å². The summed E-state index contributed by atoms with van der Waals surface area (Å²) in [6, 6.07) is 16.1.